The van der Waals surface area contributed by atoms with E-state index >= 15 is 0 Å². The standard InChI is InChI=1S/C15H25N3O2/c1-5-6-7-10-18-12(15(2,3)4)9-8-11(14(18)20)13(19)17-16/h8-9H,5-7,10,16H2,1-4H3,(H,17,19). The molecule has 0 spiro atoms. The fourth-order valence-electron chi connectivity index (χ4n) is 2.23. The third-order valence-electron chi connectivity index (χ3n) is 3.30. The number of nitrogen functional groups attached to an aromatic ring is 1. The second-order valence-corrected chi connectivity index (χ2v) is 6.02. The first-order valence-electron chi connectivity index (χ1n) is 7.08. The largest absolute Gasteiger partial charge is 0.311 e. The first-order chi connectivity index (χ1) is 9.32. The minimum Gasteiger partial charge on any atom is -0.311 e. The van der Waals surface area contributed by atoms with Gasteiger partial charge in [-0.1, -0.05) is 40.5 Å². The quantitative estimate of drug-likeness (QED) is 0.374. The van der Waals surface area contributed by atoms with Gasteiger partial charge in [0, 0.05) is 17.7 Å². The Labute approximate surface area is 120 Å². The van der Waals surface area contributed by atoms with E-state index in [1.165, 1.54) is 0 Å². The highest BCUT2D eigenvalue weighted by Gasteiger charge is 2.21. The Bertz CT molecular complexity index is 527. The molecule has 0 aliphatic rings. The van der Waals surface area contributed by atoms with E-state index in [2.05, 4.69) is 27.7 Å². The minimum absolute atomic E-state index is 0.0944. The van der Waals surface area contributed by atoms with Gasteiger partial charge in [-0.3, -0.25) is 15.0 Å². The van der Waals surface area contributed by atoms with Gasteiger partial charge in [-0.05, 0) is 18.6 Å². The Hall–Kier alpha value is -1.62. The number of hydrazine groups is 1. The van der Waals surface area contributed by atoms with Crippen molar-refractivity contribution in [1.29, 1.82) is 0 Å². The van der Waals surface area contributed by atoms with Gasteiger partial charge in [0.05, 0.1) is 0 Å². The zero-order valence-electron chi connectivity index (χ0n) is 12.8. The molecule has 1 aromatic rings. The van der Waals surface area contributed by atoms with E-state index in [-0.39, 0.29) is 16.5 Å². The molecule has 0 aliphatic heterocycles. The van der Waals surface area contributed by atoms with Crippen molar-refractivity contribution in [3.63, 3.8) is 0 Å². The van der Waals surface area contributed by atoms with Crippen molar-refractivity contribution in [2.75, 3.05) is 0 Å². The summed E-state index contributed by atoms with van der Waals surface area (Å²) < 4.78 is 1.71. The monoisotopic (exact) mass is 279 g/mol. The Morgan fingerprint density at radius 1 is 1.30 bits per heavy atom. The van der Waals surface area contributed by atoms with E-state index in [1.54, 1.807) is 10.6 Å². The van der Waals surface area contributed by atoms with Crippen molar-refractivity contribution >= 4 is 5.91 Å². The van der Waals surface area contributed by atoms with Gasteiger partial charge in [-0.25, -0.2) is 5.84 Å². The lowest BCUT2D eigenvalue weighted by Crippen LogP contribution is -2.38. The number of rotatable bonds is 5. The molecule has 5 nitrogen and oxygen atoms in total. The summed E-state index contributed by atoms with van der Waals surface area (Å²) in [5.74, 6) is 4.58. The average molecular weight is 279 g/mol. The third-order valence-corrected chi connectivity index (χ3v) is 3.30. The van der Waals surface area contributed by atoms with Gasteiger partial charge >= 0.3 is 0 Å². The lowest BCUT2D eigenvalue weighted by atomic mass is 9.90. The fraction of sp³-hybridized carbons (Fsp3) is 0.600. The average Bonchev–Trinajstić information content (AvgIpc) is 2.38. The molecule has 0 fully saturated rings. The summed E-state index contributed by atoms with van der Waals surface area (Å²) in [5, 5.41) is 0. The van der Waals surface area contributed by atoms with Crippen LogP contribution in [0.4, 0.5) is 0 Å². The third kappa shape index (κ3) is 3.70. The van der Waals surface area contributed by atoms with Gasteiger partial charge in [0.15, 0.2) is 0 Å². The number of pyridine rings is 1. The van der Waals surface area contributed by atoms with Crippen LogP contribution in [0, 0.1) is 0 Å². The molecule has 0 aliphatic carbocycles. The zero-order valence-corrected chi connectivity index (χ0v) is 12.8. The van der Waals surface area contributed by atoms with Gasteiger partial charge in [-0.2, -0.15) is 0 Å². The summed E-state index contributed by atoms with van der Waals surface area (Å²) in [7, 11) is 0. The number of hydrogen-bond donors (Lipinski definition) is 2. The van der Waals surface area contributed by atoms with Crippen molar-refractivity contribution in [2.45, 2.75) is 58.9 Å². The topological polar surface area (TPSA) is 77.1 Å². The highest BCUT2D eigenvalue weighted by molar-refractivity contribution is 5.93. The molecule has 20 heavy (non-hydrogen) atoms. The van der Waals surface area contributed by atoms with Gasteiger partial charge in [-0.15, -0.1) is 0 Å². The molecule has 0 unspecified atom stereocenters. The fourth-order valence-corrected chi connectivity index (χ4v) is 2.23. The molecule has 5 heteroatoms. The number of nitrogens with two attached hydrogens (primary N) is 1. The Morgan fingerprint density at radius 3 is 2.45 bits per heavy atom. The maximum Gasteiger partial charge on any atom is 0.270 e. The Balaban J connectivity index is 3.31. The van der Waals surface area contributed by atoms with Crippen molar-refractivity contribution in [2.24, 2.45) is 5.84 Å². The molecule has 1 rings (SSSR count). The molecule has 0 aromatic carbocycles. The summed E-state index contributed by atoms with van der Waals surface area (Å²) in [6.45, 7) is 8.92. The van der Waals surface area contributed by atoms with Crippen LogP contribution in [0.2, 0.25) is 0 Å². The molecule has 1 heterocycles. The summed E-state index contributed by atoms with van der Waals surface area (Å²) in [5.41, 5.74) is 2.64. The van der Waals surface area contributed by atoms with Crippen LogP contribution in [0.5, 0.6) is 0 Å². The van der Waals surface area contributed by atoms with Crippen LogP contribution in [0.15, 0.2) is 16.9 Å². The number of unbranched alkanes of at least 4 members (excludes halogenated alkanes) is 2. The first-order valence-corrected chi connectivity index (χ1v) is 7.08. The van der Waals surface area contributed by atoms with Gasteiger partial charge in [0.2, 0.25) is 0 Å². The maximum absolute atomic E-state index is 12.5. The summed E-state index contributed by atoms with van der Waals surface area (Å²) in [4.78, 5) is 24.1. The van der Waals surface area contributed by atoms with E-state index in [9.17, 15) is 9.59 Å². The van der Waals surface area contributed by atoms with Crippen molar-refractivity contribution in [1.82, 2.24) is 9.99 Å². The highest BCUT2D eigenvalue weighted by atomic mass is 16.2. The summed E-state index contributed by atoms with van der Waals surface area (Å²) in [6, 6.07) is 3.40. The molecule has 0 atom stereocenters. The highest BCUT2D eigenvalue weighted by Crippen LogP contribution is 2.21. The van der Waals surface area contributed by atoms with Gasteiger partial charge < -0.3 is 4.57 Å². The minimum atomic E-state index is -0.542. The number of carbonyl (C=O) groups is 1. The van der Waals surface area contributed by atoms with E-state index in [0.717, 1.165) is 25.0 Å². The van der Waals surface area contributed by atoms with Crippen LogP contribution in [0.3, 0.4) is 0 Å². The van der Waals surface area contributed by atoms with Crippen LogP contribution < -0.4 is 16.8 Å². The number of carbonyl (C=O) groups excluding carboxylic acids is 1. The molecule has 0 saturated heterocycles. The molecule has 3 N–H and O–H groups in total. The number of amides is 1. The number of nitrogens with one attached hydrogen (secondary N) is 1. The molecular weight excluding hydrogens is 254 g/mol. The molecule has 0 saturated carbocycles. The van der Waals surface area contributed by atoms with Crippen LogP contribution in [0.1, 0.15) is 63.0 Å². The van der Waals surface area contributed by atoms with Crippen molar-refractivity contribution in [3.05, 3.63) is 33.7 Å². The van der Waals surface area contributed by atoms with E-state index in [0.29, 0.717) is 6.54 Å². The molecule has 1 aromatic heterocycles. The smallest absolute Gasteiger partial charge is 0.270 e. The molecular formula is C15H25N3O2. The van der Waals surface area contributed by atoms with Crippen molar-refractivity contribution < 1.29 is 4.79 Å². The second kappa shape index (κ2) is 6.70. The lowest BCUT2D eigenvalue weighted by Gasteiger charge is -2.24. The summed E-state index contributed by atoms with van der Waals surface area (Å²) in [6.07, 6.45) is 3.07. The molecule has 0 radical (unpaired) electrons. The number of hydrogen-bond acceptors (Lipinski definition) is 3. The van der Waals surface area contributed by atoms with Crippen LogP contribution in [-0.4, -0.2) is 10.5 Å². The number of aromatic nitrogens is 1. The molecule has 112 valence electrons. The van der Waals surface area contributed by atoms with Crippen LogP contribution in [-0.2, 0) is 12.0 Å². The predicted molar refractivity (Wildman–Crippen MR) is 80.6 cm³/mol. The van der Waals surface area contributed by atoms with E-state index < -0.39 is 5.91 Å². The van der Waals surface area contributed by atoms with Gasteiger partial charge in [0.25, 0.3) is 11.5 Å². The maximum atomic E-state index is 12.5. The number of nitrogens with zero attached hydrogens (tertiary/aromatic N) is 1. The van der Waals surface area contributed by atoms with Crippen molar-refractivity contribution in [3.8, 4) is 0 Å². The van der Waals surface area contributed by atoms with Gasteiger partial charge in [0.1, 0.15) is 5.56 Å². The van der Waals surface area contributed by atoms with Crippen LogP contribution >= 0.6 is 0 Å². The SMILES string of the molecule is CCCCCn1c(C(C)(C)C)ccc(C(=O)NN)c1=O. The van der Waals surface area contributed by atoms with E-state index in [4.69, 9.17) is 5.84 Å². The lowest BCUT2D eigenvalue weighted by molar-refractivity contribution is 0.0951. The van der Waals surface area contributed by atoms with E-state index in [1.807, 2.05) is 11.5 Å². The first kappa shape index (κ1) is 16.4. The molecule has 0 bridgehead atoms. The van der Waals surface area contributed by atoms with Crippen LogP contribution in [0.25, 0.3) is 0 Å². The predicted octanol–water partition coefficient (Wildman–Crippen LogP) is 1.94. The zero-order chi connectivity index (χ0) is 15.3. The molecule has 1 amide bonds. The Kier molecular flexibility index (Phi) is 5.51. The normalized spacial score (nSPS) is 11.4. The second-order valence-electron chi connectivity index (χ2n) is 6.02. The summed E-state index contributed by atoms with van der Waals surface area (Å²) >= 11 is 0. The Morgan fingerprint density at radius 2 is 1.95 bits per heavy atom.